The van der Waals surface area contributed by atoms with Crippen LogP contribution in [0.5, 0.6) is 0 Å². The number of nitrogens with zero attached hydrogens (tertiary/aromatic N) is 14. The molecule has 0 saturated heterocycles. The zero-order valence-electron chi connectivity index (χ0n) is 35.4. The average Bonchev–Trinajstić information content (AvgIpc) is 4.05. The first-order valence-corrected chi connectivity index (χ1v) is 31.4. The van der Waals surface area contributed by atoms with Crippen molar-refractivity contribution in [2.75, 3.05) is 0 Å². The van der Waals surface area contributed by atoms with E-state index in [4.69, 9.17) is 38.8 Å². The van der Waals surface area contributed by atoms with E-state index in [1.165, 1.54) is 18.3 Å². The summed E-state index contributed by atoms with van der Waals surface area (Å²) < 4.78 is 152. The molecule has 8 heterocycles. The van der Waals surface area contributed by atoms with Crippen molar-refractivity contribution in [1.82, 2.24) is 68.6 Å². The van der Waals surface area contributed by atoms with E-state index in [1.54, 1.807) is 28.2 Å². The van der Waals surface area contributed by atoms with Gasteiger partial charge in [0, 0.05) is 36.6 Å². The molecule has 0 fully saturated rings. The zero-order chi connectivity index (χ0) is 49.4. The Labute approximate surface area is 469 Å². The number of hydrogen-bond donors (Lipinski definition) is 0. The van der Waals surface area contributed by atoms with Crippen LogP contribution in [0.2, 0.25) is 0 Å². The van der Waals surface area contributed by atoms with Crippen LogP contribution < -0.4 is 62.5 Å². The number of hydrogen-bond acceptors (Lipinski definition) is 10. The molecule has 0 N–H and O–H groups in total. The Kier molecular flexibility index (Phi) is 36.3. The van der Waals surface area contributed by atoms with Gasteiger partial charge < -0.3 is 63.0 Å². The number of aryl methyl sites for hydroxylation is 4. The molecule has 0 radical (unpaired) electrons. The van der Waals surface area contributed by atoms with E-state index in [2.05, 4.69) is 75.6 Å². The topological polar surface area (TPSA) is 149 Å². The minimum atomic E-state index is -4.49. The maximum absolute atomic E-state index is 12.2. The maximum atomic E-state index is 12.2. The number of imidazole rings is 4. The van der Waals surface area contributed by atoms with Gasteiger partial charge in [0.1, 0.15) is 11.4 Å². The fraction of sp³-hybridized carbons (Fsp3) is 0.267. The number of rotatable bonds is 0. The number of pyridine rings is 2. The number of alkyl halides is 12. The van der Waals surface area contributed by atoms with E-state index in [-0.39, 0.29) is 95.9 Å². The van der Waals surface area contributed by atoms with E-state index in [9.17, 15) is 52.7 Å². The van der Waals surface area contributed by atoms with E-state index in [0.717, 1.165) is 106 Å². The second-order valence-electron chi connectivity index (χ2n) is 11.1. The first kappa shape index (κ1) is 73.5. The van der Waals surface area contributed by atoms with Crippen molar-refractivity contribution in [3.05, 3.63) is 84.7 Å². The quantitative estimate of drug-likeness (QED) is 0.0861. The molecule has 8 rings (SSSR count). The van der Waals surface area contributed by atoms with E-state index < -0.39 is 47.5 Å². The van der Waals surface area contributed by atoms with Crippen LogP contribution in [0, 0.1) is 25.3 Å². The minimum Gasteiger partial charge on any atom is 1.00 e. The van der Waals surface area contributed by atoms with Gasteiger partial charge >= 0.3 is 170 Å². The third kappa shape index (κ3) is 21.6. The van der Waals surface area contributed by atoms with Crippen molar-refractivity contribution in [1.29, 1.82) is 0 Å². The van der Waals surface area contributed by atoms with Crippen LogP contribution in [0.3, 0.4) is 0 Å². The zero-order valence-corrected chi connectivity index (χ0v) is 51.8. The number of halogens is 18. The minimum absolute atomic E-state index is 0. The summed E-state index contributed by atoms with van der Waals surface area (Å²) in [7, 11) is 25.5. The molecule has 344 valence electrons. The Morgan fingerprint density at radius 2 is 0.632 bits per heavy atom. The monoisotopic (exact) mass is 1280 g/mol. The Balaban J connectivity index is -0.000000375. The van der Waals surface area contributed by atoms with Crippen molar-refractivity contribution in [2.24, 2.45) is 28.2 Å². The Morgan fingerprint density at radius 3 is 0.897 bits per heavy atom. The fourth-order valence-electron chi connectivity index (χ4n) is 4.27. The van der Waals surface area contributed by atoms with Crippen molar-refractivity contribution in [3.8, 4) is 0 Å². The van der Waals surface area contributed by atoms with Crippen LogP contribution in [-0.4, -0.2) is 68.6 Å². The third-order valence-electron chi connectivity index (χ3n) is 7.04. The van der Waals surface area contributed by atoms with Crippen LogP contribution in [0.1, 0.15) is 22.8 Å². The Bertz CT molecular complexity index is 2310. The summed E-state index contributed by atoms with van der Waals surface area (Å²) in [4.78, 5) is 21.2. The van der Waals surface area contributed by atoms with Gasteiger partial charge in [0.2, 0.25) is 0 Å². The van der Waals surface area contributed by atoms with Crippen LogP contribution in [0.15, 0.2) is 36.7 Å². The van der Waals surface area contributed by atoms with Crippen LogP contribution in [0.25, 0.3) is 44.4 Å². The molecule has 38 heteroatoms. The predicted octanol–water partition coefficient (Wildman–Crippen LogP) is -3.30. The summed E-state index contributed by atoms with van der Waals surface area (Å²) in [5.74, 6) is 0. The van der Waals surface area contributed by atoms with Gasteiger partial charge in [0.05, 0.1) is 0 Å². The summed E-state index contributed by atoms with van der Waals surface area (Å²) in [5.41, 5.74) is -1.59. The molecule has 0 spiro atoms. The molecule has 0 bridgehead atoms. The van der Waals surface area contributed by atoms with E-state index in [1.807, 2.05) is 0 Å². The van der Waals surface area contributed by atoms with Gasteiger partial charge in [0.25, 0.3) is 0 Å². The molecule has 0 aliphatic rings. The van der Waals surface area contributed by atoms with Crippen molar-refractivity contribution < 1.29 is 184 Å². The molecule has 8 aromatic rings. The van der Waals surface area contributed by atoms with Gasteiger partial charge in [-0.1, -0.05) is 46.3 Å². The van der Waals surface area contributed by atoms with Crippen molar-refractivity contribution in [2.45, 2.75) is 24.7 Å². The molecule has 8 aromatic heterocycles. The summed E-state index contributed by atoms with van der Waals surface area (Å²) in [6.07, 6.45) is -5.61. The summed E-state index contributed by atoms with van der Waals surface area (Å²) in [6, 6.07) is 3.51. The third-order valence-corrected chi connectivity index (χ3v) is 7.04. The SMILES string of the molecule is Cn1[c-]nc2cc(C(F)(F)F)ncc21.Cn1[c-]nc2cc(C(F)(F)F)ncc21.Cn1[c-]nc2cc(C(F)(F)F)nnc21.Cn1[c-]nc2cc(C(F)(F)F)nnc21.[Cl-].[Cl-].[Cl][Zn+].[Cl][Zn+].[Cl][Zn+].[Cl][Zn+].[Li+].[Li+]. The van der Waals surface area contributed by atoms with Crippen molar-refractivity contribution in [3.63, 3.8) is 0 Å². The van der Waals surface area contributed by atoms with Crippen LogP contribution in [0.4, 0.5) is 52.7 Å². The van der Waals surface area contributed by atoms with Gasteiger partial charge in [0.15, 0.2) is 11.4 Å². The normalized spacial score (nSPS) is 10.5. The molecule has 68 heavy (non-hydrogen) atoms. The largest absolute Gasteiger partial charge is 1.00 e. The molecule has 0 aliphatic heterocycles. The Hall–Kier alpha value is -1.07. The van der Waals surface area contributed by atoms with Crippen molar-refractivity contribution >= 4 is 83.2 Å². The second kappa shape index (κ2) is 33.6. The van der Waals surface area contributed by atoms with Crippen LogP contribution in [-0.2, 0) is 122 Å². The molecule has 0 aliphatic carbocycles. The summed E-state index contributed by atoms with van der Waals surface area (Å²) in [6.45, 7) is 0. The molecule has 0 amide bonds. The number of fused-ring (bicyclic) bond motifs is 4. The standard InChI is InChI=1S/2C8H5F3N3.2C7H4F3N4.6ClH.2Li.4Zn/c2*1-14-4-13-5-2-7(8(9,10)11)12-3-6(5)14;2*1-14-3-11-4-2-5(7(8,9)10)12-13-6(4)14;;;;;;;;;;;;/h2*2-3H,1H3;2*2H,1H3;6*1H;;;;;;/q4*-1;;;;;;;2*+1;4*+2/p-6. The first-order valence-electron chi connectivity index (χ1n) is 15.8. The van der Waals surface area contributed by atoms with Gasteiger partial charge in [-0.25, -0.2) is 10.2 Å². The summed E-state index contributed by atoms with van der Waals surface area (Å²) in [5, 5.41) is 12.9. The van der Waals surface area contributed by atoms with E-state index >= 15 is 0 Å². The Morgan fingerprint density at radius 1 is 0.397 bits per heavy atom. The summed E-state index contributed by atoms with van der Waals surface area (Å²) >= 11 is 3.39. The number of aromatic nitrogens is 14. The van der Waals surface area contributed by atoms with Gasteiger partial charge in [-0.15, -0.1) is 0 Å². The molecule has 0 atom stereocenters. The van der Waals surface area contributed by atoms with Gasteiger partial charge in [-0.05, 0) is 51.6 Å². The molecule has 0 saturated carbocycles. The molecular weight excluding hydrogens is 1270 g/mol. The van der Waals surface area contributed by atoms with Gasteiger partial charge in [-0.2, -0.15) is 62.9 Å². The average molecular weight is 1290 g/mol. The molecular formula is C30H18Cl6F12Li2N14Zn4. The van der Waals surface area contributed by atoms with Crippen LogP contribution >= 0.6 is 38.8 Å². The first-order chi connectivity index (χ1) is 29.9. The molecule has 0 unspecified atom stereocenters. The molecule has 14 nitrogen and oxygen atoms in total. The fourth-order valence-corrected chi connectivity index (χ4v) is 4.27. The molecule has 0 aromatic carbocycles. The smallest absolute Gasteiger partial charge is 1.00 e. The maximum Gasteiger partial charge on any atom is 1.00 e. The second-order valence-corrected chi connectivity index (χ2v) is 11.1. The predicted molar refractivity (Wildman–Crippen MR) is 188 cm³/mol. The van der Waals surface area contributed by atoms with E-state index in [0.29, 0.717) is 11.0 Å². The van der Waals surface area contributed by atoms with Gasteiger partial charge in [-0.3, -0.25) is 9.97 Å².